The number of piperidine rings is 1. The van der Waals surface area contributed by atoms with Crippen LogP contribution in [0.2, 0.25) is 0 Å². The van der Waals surface area contributed by atoms with Gasteiger partial charge in [-0.2, -0.15) is 0 Å². The molecule has 0 aromatic heterocycles. The number of carbonyl (C=O) groups excluding carboxylic acids is 1. The van der Waals surface area contributed by atoms with Crippen molar-refractivity contribution in [1.82, 2.24) is 10.2 Å². The first kappa shape index (κ1) is 12.5. The summed E-state index contributed by atoms with van der Waals surface area (Å²) < 4.78 is 0. The average molecular weight is 214 g/mol. The van der Waals surface area contributed by atoms with Gasteiger partial charge in [0.1, 0.15) is 0 Å². The first-order chi connectivity index (χ1) is 7.24. The molecule has 0 spiro atoms. The van der Waals surface area contributed by atoms with E-state index >= 15 is 0 Å². The third kappa shape index (κ3) is 2.92. The molecule has 2 unspecified atom stereocenters. The lowest BCUT2D eigenvalue weighted by atomic mass is 10.0. The molecule has 1 aliphatic heterocycles. The zero-order chi connectivity index (χ0) is 11.3. The maximum atomic E-state index is 12.0. The summed E-state index contributed by atoms with van der Waals surface area (Å²) in [7, 11) is 1.83. The summed E-state index contributed by atoms with van der Waals surface area (Å²) in [6.45, 7) is 3.07. The number of amides is 1. The third-order valence-electron chi connectivity index (χ3n) is 3.20. The molecule has 4 heteroatoms. The Morgan fingerprint density at radius 3 is 2.93 bits per heavy atom. The van der Waals surface area contributed by atoms with E-state index in [1.807, 2.05) is 11.9 Å². The van der Waals surface area contributed by atoms with Gasteiger partial charge in [0.05, 0.1) is 6.04 Å². The summed E-state index contributed by atoms with van der Waals surface area (Å²) in [5.74, 6) is 0.198. The standard InChI is InChI=1S/C11H22N2O2/c1-3-9(6-8-14)13-7-4-5-10(12-2)11(13)15/h9-10,12,14H,3-8H2,1-2H3. The van der Waals surface area contributed by atoms with Crippen LogP contribution >= 0.6 is 0 Å². The van der Waals surface area contributed by atoms with Crippen molar-refractivity contribution in [2.24, 2.45) is 0 Å². The smallest absolute Gasteiger partial charge is 0.239 e. The predicted molar refractivity (Wildman–Crippen MR) is 59.6 cm³/mol. The van der Waals surface area contributed by atoms with Gasteiger partial charge in [-0.15, -0.1) is 0 Å². The van der Waals surface area contributed by atoms with E-state index in [2.05, 4.69) is 12.2 Å². The van der Waals surface area contributed by atoms with Gasteiger partial charge in [-0.05, 0) is 32.7 Å². The van der Waals surface area contributed by atoms with Crippen molar-refractivity contribution in [2.45, 2.75) is 44.7 Å². The molecule has 2 N–H and O–H groups in total. The van der Waals surface area contributed by atoms with E-state index in [1.54, 1.807) is 0 Å². The molecule has 0 aromatic carbocycles. The van der Waals surface area contributed by atoms with Crippen molar-refractivity contribution in [2.75, 3.05) is 20.2 Å². The lowest BCUT2D eigenvalue weighted by Crippen LogP contribution is -2.53. The molecule has 1 fully saturated rings. The highest BCUT2D eigenvalue weighted by Gasteiger charge is 2.31. The Bertz CT molecular complexity index is 209. The molecule has 1 aliphatic rings. The molecule has 0 aliphatic carbocycles. The fraction of sp³-hybridized carbons (Fsp3) is 0.909. The highest BCUT2D eigenvalue weighted by atomic mass is 16.3. The van der Waals surface area contributed by atoms with E-state index in [0.29, 0.717) is 6.42 Å². The number of likely N-dealkylation sites (tertiary alicyclic amines) is 1. The highest BCUT2D eigenvalue weighted by molar-refractivity contribution is 5.82. The van der Waals surface area contributed by atoms with Crippen LogP contribution in [-0.2, 0) is 4.79 Å². The van der Waals surface area contributed by atoms with Crippen molar-refractivity contribution in [3.05, 3.63) is 0 Å². The number of carbonyl (C=O) groups is 1. The molecule has 0 saturated carbocycles. The predicted octanol–water partition coefficient (Wildman–Crippen LogP) is 0.358. The normalized spacial score (nSPS) is 24.3. The molecule has 1 heterocycles. The monoisotopic (exact) mass is 214 g/mol. The van der Waals surface area contributed by atoms with Gasteiger partial charge in [0.15, 0.2) is 0 Å². The van der Waals surface area contributed by atoms with Gasteiger partial charge >= 0.3 is 0 Å². The summed E-state index contributed by atoms with van der Waals surface area (Å²) in [4.78, 5) is 13.9. The molecule has 0 aromatic rings. The van der Waals surface area contributed by atoms with E-state index in [9.17, 15) is 4.79 Å². The van der Waals surface area contributed by atoms with Crippen molar-refractivity contribution in [3.8, 4) is 0 Å². The summed E-state index contributed by atoms with van der Waals surface area (Å²) in [5, 5.41) is 12.0. The van der Waals surface area contributed by atoms with Crippen LogP contribution in [0.4, 0.5) is 0 Å². The van der Waals surface area contributed by atoms with Gasteiger partial charge in [-0.3, -0.25) is 4.79 Å². The van der Waals surface area contributed by atoms with Crippen LogP contribution in [0, 0.1) is 0 Å². The van der Waals surface area contributed by atoms with Gasteiger partial charge in [-0.1, -0.05) is 6.92 Å². The fourth-order valence-electron chi connectivity index (χ4n) is 2.26. The van der Waals surface area contributed by atoms with Gasteiger partial charge in [-0.25, -0.2) is 0 Å². The van der Waals surface area contributed by atoms with E-state index in [1.165, 1.54) is 0 Å². The Hall–Kier alpha value is -0.610. The average Bonchev–Trinajstić information content (AvgIpc) is 2.27. The highest BCUT2D eigenvalue weighted by Crippen LogP contribution is 2.18. The number of nitrogens with zero attached hydrogens (tertiary/aromatic N) is 1. The molecule has 2 atom stereocenters. The number of aliphatic hydroxyl groups excluding tert-OH is 1. The number of hydrogen-bond donors (Lipinski definition) is 2. The quantitative estimate of drug-likeness (QED) is 0.694. The maximum absolute atomic E-state index is 12.0. The first-order valence-corrected chi connectivity index (χ1v) is 5.83. The lowest BCUT2D eigenvalue weighted by molar-refractivity contribution is -0.138. The zero-order valence-electron chi connectivity index (χ0n) is 9.70. The summed E-state index contributed by atoms with van der Waals surface area (Å²) in [6.07, 6.45) is 3.60. The molecule has 88 valence electrons. The molecule has 15 heavy (non-hydrogen) atoms. The summed E-state index contributed by atoms with van der Waals surface area (Å²) in [6, 6.07) is 0.185. The number of likely N-dealkylation sites (N-methyl/N-ethyl adjacent to an activating group) is 1. The Labute approximate surface area is 91.6 Å². The van der Waals surface area contributed by atoms with Gasteiger partial charge in [0, 0.05) is 19.2 Å². The fourth-order valence-corrected chi connectivity index (χ4v) is 2.26. The second kappa shape index (κ2) is 6.08. The van der Waals surface area contributed by atoms with E-state index in [-0.39, 0.29) is 24.6 Å². The Balaban J connectivity index is 2.62. The number of aliphatic hydroxyl groups is 1. The number of hydrogen-bond acceptors (Lipinski definition) is 3. The van der Waals surface area contributed by atoms with Crippen LogP contribution in [0.3, 0.4) is 0 Å². The lowest BCUT2D eigenvalue weighted by Gasteiger charge is -2.37. The van der Waals surface area contributed by atoms with Crippen molar-refractivity contribution >= 4 is 5.91 Å². The topological polar surface area (TPSA) is 52.6 Å². The van der Waals surface area contributed by atoms with Gasteiger partial charge in [0.2, 0.25) is 5.91 Å². The molecular weight excluding hydrogens is 192 g/mol. The third-order valence-corrected chi connectivity index (χ3v) is 3.20. The Morgan fingerprint density at radius 1 is 1.67 bits per heavy atom. The second-order valence-corrected chi connectivity index (χ2v) is 4.09. The maximum Gasteiger partial charge on any atom is 0.239 e. The van der Waals surface area contributed by atoms with Crippen LogP contribution in [0.25, 0.3) is 0 Å². The molecule has 1 saturated heterocycles. The second-order valence-electron chi connectivity index (χ2n) is 4.09. The Kier molecular flexibility index (Phi) is 5.05. The number of rotatable bonds is 5. The SMILES string of the molecule is CCC(CCO)N1CCCC(NC)C1=O. The van der Waals surface area contributed by atoms with Crippen molar-refractivity contribution in [1.29, 1.82) is 0 Å². The van der Waals surface area contributed by atoms with Gasteiger partial charge < -0.3 is 15.3 Å². The minimum Gasteiger partial charge on any atom is -0.396 e. The number of nitrogens with one attached hydrogen (secondary N) is 1. The summed E-state index contributed by atoms with van der Waals surface area (Å²) in [5.41, 5.74) is 0. The minimum atomic E-state index is -0.0218. The minimum absolute atomic E-state index is 0.0218. The van der Waals surface area contributed by atoms with Crippen molar-refractivity contribution in [3.63, 3.8) is 0 Å². The first-order valence-electron chi connectivity index (χ1n) is 5.83. The van der Waals surface area contributed by atoms with Crippen LogP contribution in [-0.4, -0.2) is 48.2 Å². The molecular formula is C11H22N2O2. The van der Waals surface area contributed by atoms with E-state index in [0.717, 1.165) is 25.8 Å². The molecule has 1 amide bonds. The van der Waals surface area contributed by atoms with Crippen LogP contribution in [0.1, 0.15) is 32.6 Å². The zero-order valence-corrected chi connectivity index (χ0v) is 9.70. The van der Waals surface area contributed by atoms with E-state index in [4.69, 9.17) is 5.11 Å². The van der Waals surface area contributed by atoms with Crippen molar-refractivity contribution < 1.29 is 9.90 Å². The molecule has 1 rings (SSSR count). The molecule has 0 radical (unpaired) electrons. The van der Waals surface area contributed by atoms with Crippen LogP contribution in [0.5, 0.6) is 0 Å². The molecule has 0 bridgehead atoms. The largest absolute Gasteiger partial charge is 0.396 e. The molecule has 4 nitrogen and oxygen atoms in total. The van der Waals surface area contributed by atoms with Gasteiger partial charge in [0.25, 0.3) is 0 Å². The Morgan fingerprint density at radius 2 is 2.40 bits per heavy atom. The van der Waals surface area contributed by atoms with Crippen LogP contribution < -0.4 is 5.32 Å². The van der Waals surface area contributed by atoms with E-state index < -0.39 is 0 Å². The van der Waals surface area contributed by atoms with Crippen LogP contribution in [0.15, 0.2) is 0 Å². The summed E-state index contributed by atoms with van der Waals surface area (Å²) >= 11 is 0.